The fourth-order valence-electron chi connectivity index (χ4n) is 3.22. The van der Waals surface area contributed by atoms with Gasteiger partial charge in [-0.15, -0.1) is 0 Å². The summed E-state index contributed by atoms with van der Waals surface area (Å²) in [5.41, 5.74) is 0.472. The molecule has 0 atom stereocenters. The molecule has 140 valence electrons. The fourth-order valence-corrected chi connectivity index (χ4v) is 3.22. The van der Waals surface area contributed by atoms with E-state index < -0.39 is 27.1 Å². The zero-order chi connectivity index (χ0) is 19.6. The Kier molecular flexibility index (Phi) is 5.02. The van der Waals surface area contributed by atoms with Gasteiger partial charge in [0.2, 0.25) is 0 Å². The first-order chi connectivity index (χ1) is 12.9. The van der Waals surface area contributed by atoms with Crippen molar-refractivity contribution in [3.63, 3.8) is 0 Å². The van der Waals surface area contributed by atoms with Crippen LogP contribution in [0.15, 0.2) is 36.4 Å². The maximum absolute atomic E-state index is 12.8. The van der Waals surface area contributed by atoms with Gasteiger partial charge in [0.05, 0.1) is 32.9 Å². The van der Waals surface area contributed by atoms with Crippen LogP contribution in [0, 0.1) is 27.2 Å². The summed E-state index contributed by atoms with van der Waals surface area (Å²) in [7, 11) is 0. The average Bonchev–Trinajstić information content (AvgIpc) is 3.16. The van der Waals surface area contributed by atoms with E-state index in [1.807, 2.05) is 12.1 Å². The summed E-state index contributed by atoms with van der Waals surface area (Å²) in [6, 6.07) is 9.21. The van der Waals surface area contributed by atoms with Crippen molar-refractivity contribution in [3.8, 4) is 0 Å². The number of carbonyl (C=O) groups is 1. The van der Waals surface area contributed by atoms with Crippen LogP contribution in [0.25, 0.3) is 0 Å². The number of nitrogens with one attached hydrogen (secondary N) is 1. The zero-order valence-electron chi connectivity index (χ0n) is 14.7. The number of carbonyl (C=O) groups excluding carboxylic acids is 1. The molecule has 0 unspecified atom stereocenters. The molecule has 27 heavy (non-hydrogen) atoms. The maximum atomic E-state index is 12.8. The molecule has 0 saturated carbocycles. The Labute approximate surface area is 154 Å². The van der Waals surface area contributed by atoms with Crippen LogP contribution in [0.2, 0.25) is 0 Å². The predicted molar refractivity (Wildman–Crippen MR) is 100 cm³/mol. The molecule has 2 aromatic carbocycles. The molecule has 0 aromatic heterocycles. The van der Waals surface area contributed by atoms with Crippen LogP contribution in [0.4, 0.5) is 22.7 Å². The van der Waals surface area contributed by atoms with E-state index in [1.54, 1.807) is 12.1 Å². The van der Waals surface area contributed by atoms with E-state index in [4.69, 9.17) is 0 Å². The van der Waals surface area contributed by atoms with Crippen LogP contribution in [0.3, 0.4) is 0 Å². The Hall–Kier alpha value is -3.49. The highest BCUT2D eigenvalue weighted by atomic mass is 16.6. The number of amides is 1. The topological polar surface area (TPSA) is 119 Å². The van der Waals surface area contributed by atoms with Crippen molar-refractivity contribution in [3.05, 3.63) is 67.8 Å². The molecule has 1 heterocycles. The van der Waals surface area contributed by atoms with Crippen molar-refractivity contribution in [2.45, 2.75) is 19.8 Å². The largest absolute Gasteiger partial charge is 0.370 e. The van der Waals surface area contributed by atoms with Gasteiger partial charge in [0, 0.05) is 24.7 Å². The highest BCUT2D eigenvalue weighted by molar-refractivity contribution is 6.07. The molecule has 1 amide bonds. The molecule has 0 bridgehead atoms. The third-order valence-corrected chi connectivity index (χ3v) is 4.62. The minimum Gasteiger partial charge on any atom is -0.370 e. The molecule has 0 aliphatic carbocycles. The average molecular weight is 370 g/mol. The third kappa shape index (κ3) is 3.71. The smallest absolute Gasteiger partial charge is 0.279 e. The molecule has 9 nitrogen and oxygen atoms in total. The van der Waals surface area contributed by atoms with E-state index in [-0.39, 0.29) is 11.1 Å². The second-order valence-corrected chi connectivity index (χ2v) is 6.32. The van der Waals surface area contributed by atoms with Crippen LogP contribution in [-0.2, 0) is 0 Å². The van der Waals surface area contributed by atoms with E-state index in [0.717, 1.165) is 43.8 Å². The van der Waals surface area contributed by atoms with Crippen molar-refractivity contribution >= 4 is 28.7 Å². The van der Waals surface area contributed by atoms with Crippen molar-refractivity contribution in [1.29, 1.82) is 0 Å². The summed E-state index contributed by atoms with van der Waals surface area (Å²) in [6.45, 7) is 3.17. The first-order valence-electron chi connectivity index (χ1n) is 8.47. The Balaban J connectivity index is 1.98. The van der Waals surface area contributed by atoms with Gasteiger partial charge in [-0.1, -0.05) is 12.1 Å². The molecule has 1 fully saturated rings. The van der Waals surface area contributed by atoms with Gasteiger partial charge in [-0.3, -0.25) is 25.0 Å². The normalized spacial score (nSPS) is 13.4. The van der Waals surface area contributed by atoms with E-state index >= 15 is 0 Å². The number of nitrogens with zero attached hydrogens (tertiary/aromatic N) is 3. The first kappa shape index (κ1) is 18.3. The first-order valence-corrected chi connectivity index (χ1v) is 8.47. The second-order valence-electron chi connectivity index (χ2n) is 6.32. The van der Waals surface area contributed by atoms with Gasteiger partial charge < -0.3 is 10.2 Å². The molecule has 3 rings (SSSR count). The van der Waals surface area contributed by atoms with Gasteiger partial charge in [0.1, 0.15) is 0 Å². The highest BCUT2D eigenvalue weighted by Gasteiger charge is 2.25. The van der Waals surface area contributed by atoms with Crippen LogP contribution >= 0.6 is 0 Å². The molecule has 1 aliphatic heterocycles. The van der Waals surface area contributed by atoms with E-state index in [0.29, 0.717) is 5.69 Å². The zero-order valence-corrected chi connectivity index (χ0v) is 14.7. The van der Waals surface area contributed by atoms with Crippen molar-refractivity contribution in [2.24, 2.45) is 0 Å². The van der Waals surface area contributed by atoms with Gasteiger partial charge >= 0.3 is 0 Å². The van der Waals surface area contributed by atoms with Crippen LogP contribution < -0.4 is 10.2 Å². The van der Waals surface area contributed by atoms with Crippen LogP contribution in [0.5, 0.6) is 0 Å². The monoisotopic (exact) mass is 370 g/mol. The quantitative estimate of drug-likeness (QED) is 0.634. The van der Waals surface area contributed by atoms with Crippen LogP contribution in [-0.4, -0.2) is 28.8 Å². The molecule has 0 radical (unpaired) electrons. The number of hydrogen-bond acceptors (Lipinski definition) is 6. The maximum Gasteiger partial charge on any atom is 0.279 e. The molecule has 0 spiro atoms. The summed E-state index contributed by atoms with van der Waals surface area (Å²) in [6.07, 6.45) is 2.14. The Morgan fingerprint density at radius 3 is 2.37 bits per heavy atom. The van der Waals surface area contributed by atoms with Crippen molar-refractivity contribution < 1.29 is 14.6 Å². The van der Waals surface area contributed by atoms with Gasteiger partial charge in [-0.2, -0.15) is 0 Å². The van der Waals surface area contributed by atoms with Crippen molar-refractivity contribution in [2.75, 3.05) is 23.3 Å². The summed E-state index contributed by atoms with van der Waals surface area (Å²) >= 11 is 0. The number of anilines is 2. The molecule has 2 aromatic rings. The van der Waals surface area contributed by atoms with Gasteiger partial charge in [-0.05, 0) is 31.9 Å². The lowest BCUT2D eigenvalue weighted by atomic mass is 10.0. The standard InChI is InChI=1S/C18H18N4O5/c1-12-14(10-13(21(24)25)11-17(12)22(26)27)18(23)19-15-6-2-3-7-16(15)20-8-4-5-9-20/h2-3,6-7,10-11H,4-5,8-9H2,1H3,(H,19,23). The molecule has 1 saturated heterocycles. The number of rotatable bonds is 5. The summed E-state index contributed by atoms with van der Waals surface area (Å²) in [5, 5.41) is 25.0. The van der Waals surface area contributed by atoms with Crippen LogP contribution in [0.1, 0.15) is 28.8 Å². The number of nitro groups is 2. The minimum absolute atomic E-state index is 0.0850. The number of benzene rings is 2. The highest BCUT2D eigenvalue weighted by Crippen LogP contribution is 2.31. The Bertz CT molecular complexity index is 922. The van der Waals surface area contributed by atoms with E-state index in [2.05, 4.69) is 10.2 Å². The Morgan fingerprint density at radius 2 is 1.74 bits per heavy atom. The lowest BCUT2D eigenvalue weighted by Gasteiger charge is -2.21. The van der Waals surface area contributed by atoms with E-state index in [9.17, 15) is 25.0 Å². The number of nitro benzene ring substituents is 2. The fraction of sp³-hybridized carbons (Fsp3) is 0.278. The second kappa shape index (κ2) is 7.40. The lowest BCUT2D eigenvalue weighted by molar-refractivity contribution is -0.394. The predicted octanol–water partition coefficient (Wildman–Crippen LogP) is 3.66. The lowest BCUT2D eigenvalue weighted by Crippen LogP contribution is -2.21. The van der Waals surface area contributed by atoms with Gasteiger partial charge in [0.15, 0.2) is 0 Å². The van der Waals surface area contributed by atoms with Gasteiger partial charge in [-0.25, -0.2) is 0 Å². The molecular formula is C18H18N4O5. The molecule has 9 heteroatoms. The summed E-state index contributed by atoms with van der Waals surface area (Å²) in [5.74, 6) is -0.619. The molecule has 1 aliphatic rings. The minimum atomic E-state index is -0.749. The number of hydrogen-bond donors (Lipinski definition) is 1. The number of non-ortho nitro benzene ring substituents is 1. The summed E-state index contributed by atoms with van der Waals surface area (Å²) < 4.78 is 0. The van der Waals surface area contributed by atoms with Gasteiger partial charge in [0.25, 0.3) is 17.3 Å². The number of para-hydroxylation sites is 2. The third-order valence-electron chi connectivity index (χ3n) is 4.62. The SMILES string of the molecule is Cc1c(C(=O)Nc2ccccc2N2CCCC2)cc([N+](=O)[O-])cc1[N+](=O)[O-]. The van der Waals surface area contributed by atoms with Crippen molar-refractivity contribution in [1.82, 2.24) is 0 Å². The molecular weight excluding hydrogens is 352 g/mol. The Morgan fingerprint density at radius 1 is 1.07 bits per heavy atom. The molecule has 1 N–H and O–H groups in total. The summed E-state index contributed by atoms with van der Waals surface area (Å²) in [4.78, 5) is 35.7. The van der Waals surface area contributed by atoms with E-state index in [1.165, 1.54) is 6.92 Å².